The summed E-state index contributed by atoms with van der Waals surface area (Å²) in [5, 5.41) is 58.9. The third-order valence-electron chi connectivity index (χ3n) is 4.25. The average Bonchev–Trinajstić information content (AvgIpc) is 2.91. The van der Waals surface area contributed by atoms with Crippen LogP contribution in [0.4, 0.5) is 0 Å². The van der Waals surface area contributed by atoms with Gasteiger partial charge in [-0.05, 0) is 13.8 Å². The Labute approximate surface area is 149 Å². The number of rotatable bonds is 6. The lowest BCUT2D eigenvalue weighted by atomic mass is 9.98. The molecular weight excluding hydrogens is 356 g/mol. The van der Waals surface area contributed by atoms with E-state index in [2.05, 4.69) is 0 Å². The van der Waals surface area contributed by atoms with Gasteiger partial charge >= 0.3 is 5.97 Å². The van der Waals surface area contributed by atoms with Crippen molar-refractivity contribution in [3.8, 4) is 0 Å². The number of hydrogen-bond acceptors (Lipinski definition) is 11. The zero-order valence-electron chi connectivity index (χ0n) is 14.5. The Morgan fingerprint density at radius 1 is 1.15 bits per heavy atom. The SMILES string of the molecule is CC(C)OC(=O)C1OC(O[C@]2(CO)O[C@H](CO)C[C@H]2O)C(O)C(O)C1O. The van der Waals surface area contributed by atoms with Crippen molar-refractivity contribution in [3.05, 3.63) is 0 Å². The first kappa shape index (κ1) is 21.4. The van der Waals surface area contributed by atoms with Gasteiger partial charge in [-0.2, -0.15) is 0 Å². The van der Waals surface area contributed by atoms with Crippen LogP contribution in [0.25, 0.3) is 0 Å². The smallest absolute Gasteiger partial charge is 0.338 e. The topological polar surface area (TPSA) is 175 Å². The third-order valence-corrected chi connectivity index (χ3v) is 4.25. The second kappa shape index (κ2) is 8.42. The van der Waals surface area contributed by atoms with Crippen LogP contribution in [0.15, 0.2) is 0 Å². The zero-order valence-corrected chi connectivity index (χ0v) is 14.5. The van der Waals surface area contributed by atoms with Crippen LogP contribution in [0.5, 0.6) is 0 Å². The first-order valence-corrected chi connectivity index (χ1v) is 8.30. The maximum absolute atomic E-state index is 12.0. The van der Waals surface area contributed by atoms with Crippen molar-refractivity contribution in [2.75, 3.05) is 13.2 Å². The van der Waals surface area contributed by atoms with E-state index in [0.717, 1.165) is 0 Å². The summed E-state index contributed by atoms with van der Waals surface area (Å²) in [5.41, 5.74) is 0. The van der Waals surface area contributed by atoms with Gasteiger partial charge in [0.1, 0.15) is 31.0 Å². The molecule has 0 spiro atoms. The number of aliphatic hydroxyl groups is 6. The Hall–Kier alpha value is -0.890. The summed E-state index contributed by atoms with van der Waals surface area (Å²) in [6.07, 6.45) is -11.6. The molecule has 0 amide bonds. The summed E-state index contributed by atoms with van der Waals surface area (Å²) >= 11 is 0. The molecule has 8 atom stereocenters. The molecule has 2 heterocycles. The molecule has 0 bridgehead atoms. The Kier molecular flexibility index (Phi) is 6.93. The van der Waals surface area contributed by atoms with Crippen molar-refractivity contribution in [1.82, 2.24) is 0 Å². The minimum atomic E-state index is -2.03. The Balaban J connectivity index is 2.17. The lowest BCUT2D eigenvalue weighted by Crippen LogP contribution is -2.63. The fourth-order valence-corrected chi connectivity index (χ4v) is 2.87. The number of carbonyl (C=O) groups is 1. The predicted octanol–water partition coefficient (Wildman–Crippen LogP) is -3.41. The van der Waals surface area contributed by atoms with E-state index >= 15 is 0 Å². The van der Waals surface area contributed by atoms with Gasteiger partial charge in [0, 0.05) is 6.42 Å². The van der Waals surface area contributed by atoms with Crippen molar-refractivity contribution in [2.45, 2.75) is 75.1 Å². The molecule has 2 aliphatic rings. The number of ether oxygens (including phenoxy) is 4. The second-order valence-corrected chi connectivity index (χ2v) is 6.64. The summed E-state index contributed by atoms with van der Waals surface area (Å²) in [6, 6.07) is 0. The summed E-state index contributed by atoms with van der Waals surface area (Å²) in [4.78, 5) is 12.0. The lowest BCUT2D eigenvalue weighted by Gasteiger charge is -2.42. The van der Waals surface area contributed by atoms with Crippen molar-refractivity contribution >= 4 is 5.97 Å². The molecule has 2 aliphatic heterocycles. The van der Waals surface area contributed by atoms with Gasteiger partial charge in [-0.3, -0.25) is 0 Å². The van der Waals surface area contributed by atoms with Gasteiger partial charge in [0.05, 0.1) is 18.8 Å². The van der Waals surface area contributed by atoms with E-state index in [-0.39, 0.29) is 6.42 Å². The highest BCUT2D eigenvalue weighted by Crippen LogP contribution is 2.35. The molecule has 0 aromatic rings. The standard InChI is InChI=1S/C15H26O11/c1-6(2)23-13(22)12-10(20)9(19)11(21)14(24-12)26-15(5-17)8(18)3-7(4-16)25-15/h6-12,14,16-21H,3-5H2,1-2H3/t7-,8+,9?,10?,11?,12?,14?,15-/m0/s1. The Morgan fingerprint density at radius 3 is 2.31 bits per heavy atom. The zero-order chi connectivity index (χ0) is 19.6. The molecule has 2 fully saturated rings. The highest BCUT2D eigenvalue weighted by atomic mass is 16.8. The molecule has 0 radical (unpaired) electrons. The van der Waals surface area contributed by atoms with E-state index in [1.807, 2.05) is 0 Å². The molecule has 0 saturated carbocycles. The molecule has 11 nitrogen and oxygen atoms in total. The molecule has 2 saturated heterocycles. The number of aliphatic hydroxyl groups excluding tert-OH is 6. The van der Waals surface area contributed by atoms with Gasteiger partial charge in [-0.15, -0.1) is 0 Å². The van der Waals surface area contributed by atoms with Crippen LogP contribution in [0.3, 0.4) is 0 Å². The fourth-order valence-electron chi connectivity index (χ4n) is 2.87. The van der Waals surface area contributed by atoms with E-state index in [1.54, 1.807) is 13.8 Å². The normalized spacial score (nSPS) is 43.7. The third kappa shape index (κ3) is 4.16. The predicted molar refractivity (Wildman–Crippen MR) is 81.4 cm³/mol. The van der Waals surface area contributed by atoms with Crippen LogP contribution in [-0.4, -0.2) is 105 Å². The van der Waals surface area contributed by atoms with Gasteiger partial charge < -0.3 is 49.6 Å². The first-order valence-electron chi connectivity index (χ1n) is 8.30. The lowest BCUT2D eigenvalue weighted by molar-refractivity contribution is -0.379. The molecule has 0 aromatic carbocycles. The molecular formula is C15H26O11. The van der Waals surface area contributed by atoms with Gasteiger partial charge in [0.15, 0.2) is 12.4 Å². The molecule has 2 rings (SSSR count). The number of hydrogen-bond donors (Lipinski definition) is 6. The van der Waals surface area contributed by atoms with Gasteiger partial charge in [0.25, 0.3) is 0 Å². The van der Waals surface area contributed by atoms with Gasteiger partial charge in [-0.25, -0.2) is 4.79 Å². The Bertz CT molecular complexity index is 486. The van der Waals surface area contributed by atoms with E-state index in [9.17, 15) is 30.3 Å². The van der Waals surface area contributed by atoms with Crippen LogP contribution >= 0.6 is 0 Å². The molecule has 6 N–H and O–H groups in total. The highest BCUT2D eigenvalue weighted by Gasteiger charge is 2.55. The van der Waals surface area contributed by atoms with Gasteiger partial charge in [-0.1, -0.05) is 0 Å². The molecule has 152 valence electrons. The van der Waals surface area contributed by atoms with Crippen molar-refractivity contribution in [3.63, 3.8) is 0 Å². The van der Waals surface area contributed by atoms with Crippen molar-refractivity contribution < 1.29 is 54.4 Å². The maximum Gasteiger partial charge on any atom is 0.338 e. The van der Waals surface area contributed by atoms with Crippen LogP contribution in [0, 0.1) is 0 Å². The fraction of sp³-hybridized carbons (Fsp3) is 0.933. The number of esters is 1. The highest BCUT2D eigenvalue weighted by molar-refractivity contribution is 5.76. The summed E-state index contributed by atoms with van der Waals surface area (Å²) in [7, 11) is 0. The van der Waals surface area contributed by atoms with Crippen molar-refractivity contribution in [1.29, 1.82) is 0 Å². The second-order valence-electron chi connectivity index (χ2n) is 6.64. The number of carbonyl (C=O) groups excluding carboxylic acids is 1. The summed E-state index contributed by atoms with van der Waals surface area (Å²) in [6.45, 7) is 1.85. The Morgan fingerprint density at radius 2 is 1.81 bits per heavy atom. The van der Waals surface area contributed by atoms with E-state index in [0.29, 0.717) is 0 Å². The van der Waals surface area contributed by atoms with Crippen LogP contribution in [0.2, 0.25) is 0 Å². The monoisotopic (exact) mass is 382 g/mol. The molecule has 0 aliphatic carbocycles. The van der Waals surface area contributed by atoms with Crippen LogP contribution < -0.4 is 0 Å². The largest absolute Gasteiger partial charge is 0.461 e. The first-order chi connectivity index (χ1) is 12.1. The molecule has 26 heavy (non-hydrogen) atoms. The average molecular weight is 382 g/mol. The quantitative estimate of drug-likeness (QED) is 0.252. The maximum atomic E-state index is 12.0. The minimum absolute atomic E-state index is 0.0517. The minimum Gasteiger partial charge on any atom is -0.461 e. The summed E-state index contributed by atoms with van der Waals surface area (Å²) < 4.78 is 20.8. The van der Waals surface area contributed by atoms with E-state index in [1.165, 1.54) is 0 Å². The molecule has 0 aromatic heterocycles. The van der Waals surface area contributed by atoms with Crippen LogP contribution in [0.1, 0.15) is 20.3 Å². The van der Waals surface area contributed by atoms with Crippen molar-refractivity contribution in [2.24, 2.45) is 0 Å². The van der Waals surface area contributed by atoms with Gasteiger partial charge in [0.2, 0.25) is 5.79 Å². The summed E-state index contributed by atoms with van der Waals surface area (Å²) in [5.74, 6) is -3.01. The van der Waals surface area contributed by atoms with E-state index < -0.39 is 74.0 Å². The molecule has 11 heteroatoms. The van der Waals surface area contributed by atoms with Crippen LogP contribution in [-0.2, 0) is 23.7 Å². The van der Waals surface area contributed by atoms with E-state index in [4.69, 9.17) is 24.1 Å². The molecule has 5 unspecified atom stereocenters.